The third-order valence-corrected chi connectivity index (χ3v) is 3.28. The lowest BCUT2D eigenvalue weighted by Gasteiger charge is -2.01. The number of carbonyl (C=O) groups is 1. The number of phenolic OH excluding ortho intramolecular Hbond substituents is 1. The summed E-state index contributed by atoms with van der Waals surface area (Å²) < 4.78 is 0. The highest BCUT2D eigenvalue weighted by Gasteiger charge is 2.13. The summed E-state index contributed by atoms with van der Waals surface area (Å²) in [5.74, 6) is -0.680. The molecule has 18 heavy (non-hydrogen) atoms. The van der Waals surface area contributed by atoms with Crippen LogP contribution in [0.1, 0.15) is 16.2 Å². The molecule has 6 nitrogen and oxygen atoms in total. The summed E-state index contributed by atoms with van der Waals surface area (Å²) in [5.41, 5.74) is -0.314. The summed E-state index contributed by atoms with van der Waals surface area (Å²) in [4.78, 5) is 27.5. The number of carboxylic acid groups (broad SMARTS) is 1. The van der Waals surface area contributed by atoms with E-state index in [2.05, 4.69) is 9.97 Å². The number of aromatic hydroxyl groups is 1. The van der Waals surface area contributed by atoms with Crippen LogP contribution in [0.25, 0.3) is 0 Å². The SMILES string of the molecule is O=C(O)c1[nH]c(=O)[nH]c1CSc1ccc(O)cc1. The Labute approximate surface area is 106 Å². The van der Waals surface area contributed by atoms with Crippen LogP contribution in [0.2, 0.25) is 0 Å². The third-order valence-electron chi connectivity index (χ3n) is 2.24. The zero-order chi connectivity index (χ0) is 13.1. The maximum atomic E-state index is 11.1. The number of carboxylic acids is 1. The minimum absolute atomic E-state index is 0.119. The Morgan fingerprint density at radius 1 is 1.22 bits per heavy atom. The Balaban J connectivity index is 2.13. The Morgan fingerprint density at radius 3 is 2.50 bits per heavy atom. The summed E-state index contributed by atoms with van der Waals surface area (Å²) >= 11 is 1.36. The fourth-order valence-electron chi connectivity index (χ4n) is 1.41. The Morgan fingerprint density at radius 2 is 1.89 bits per heavy atom. The summed E-state index contributed by atoms with van der Waals surface area (Å²) in [6, 6.07) is 6.51. The number of thioether (sulfide) groups is 1. The number of H-pyrrole nitrogens is 2. The molecule has 7 heteroatoms. The van der Waals surface area contributed by atoms with Gasteiger partial charge in [0, 0.05) is 10.6 Å². The lowest BCUT2D eigenvalue weighted by Crippen LogP contribution is -2.04. The van der Waals surface area contributed by atoms with Crippen LogP contribution < -0.4 is 5.69 Å². The lowest BCUT2D eigenvalue weighted by atomic mass is 10.3. The van der Waals surface area contributed by atoms with E-state index in [4.69, 9.17) is 10.2 Å². The summed E-state index contributed by atoms with van der Waals surface area (Å²) in [5, 5.41) is 18.0. The van der Waals surface area contributed by atoms with Gasteiger partial charge in [0.1, 0.15) is 11.4 Å². The molecule has 0 aliphatic rings. The number of phenols is 1. The quantitative estimate of drug-likeness (QED) is 0.626. The molecule has 1 heterocycles. The first kappa shape index (κ1) is 12.3. The number of rotatable bonds is 4. The van der Waals surface area contributed by atoms with Crippen molar-refractivity contribution in [3.63, 3.8) is 0 Å². The summed E-state index contributed by atoms with van der Waals surface area (Å²) in [7, 11) is 0. The maximum absolute atomic E-state index is 11.1. The standard InChI is InChI=1S/C11H10N2O4S/c14-6-1-3-7(4-2-6)18-5-8-9(10(15)16)13-11(17)12-8/h1-4,14H,5H2,(H,15,16)(H2,12,13,17). The van der Waals surface area contributed by atoms with Crippen molar-refractivity contribution in [1.29, 1.82) is 0 Å². The first-order valence-electron chi connectivity index (χ1n) is 5.02. The third kappa shape index (κ3) is 2.75. The van der Waals surface area contributed by atoms with Crippen molar-refractivity contribution >= 4 is 17.7 Å². The first-order valence-corrected chi connectivity index (χ1v) is 6.01. The van der Waals surface area contributed by atoms with Gasteiger partial charge >= 0.3 is 11.7 Å². The predicted octanol–water partition coefficient (Wildman–Crippen LogP) is 1.40. The van der Waals surface area contributed by atoms with Crippen LogP contribution in [0.15, 0.2) is 34.0 Å². The van der Waals surface area contributed by atoms with E-state index in [1.54, 1.807) is 24.3 Å². The van der Waals surface area contributed by atoms with Crippen LogP contribution in [-0.4, -0.2) is 26.2 Å². The smallest absolute Gasteiger partial charge is 0.354 e. The molecule has 0 aliphatic heterocycles. The van der Waals surface area contributed by atoms with Gasteiger partial charge in [-0.05, 0) is 24.3 Å². The molecule has 0 atom stereocenters. The summed E-state index contributed by atoms with van der Waals surface area (Å²) in [6.45, 7) is 0. The second kappa shape index (κ2) is 5.01. The van der Waals surface area contributed by atoms with Gasteiger partial charge in [-0.3, -0.25) is 4.98 Å². The van der Waals surface area contributed by atoms with E-state index in [1.165, 1.54) is 11.8 Å². The number of aromatic nitrogens is 2. The molecular formula is C11H10N2O4S. The highest BCUT2D eigenvalue weighted by atomic mass is 32.2. The van der Waals surface area contributed by atoms with Gasteiger partial charge in [-0.1, -0.05) is 0 Å². The average molecular weight is 266 g/mol. The Bertz CT molecular complexity index is 615. The van der Waals surface area contributed by atoms with Crippen molar-refractivity contribution in [3.8, 4) is 5.75 Å². The Hall–Kier alpha value is -2.15. The van der Waals surface area contributed by atoms with Crippen molar-refractivity contribution in [2.24, 2.45) is 0 Å². The molecule has 1 aromatic carbocycles. The number of benzene rings is 1. The molecule has 2 rings (SSSR count). The molecule has 0 aliphatic carbocycles. The fraction of sp³-hybridized carbons (Fsp3) is 0.0909. The molecular weight excluding hydrogens is 256 g/mol. The number of nitrogens with one attached hydrogen (secondary N) is 2. The van der Waals surface area contributed by atoms with Crippen LogP contribution in [0, 0.1) is 0 Å². The van der Waals surface area contributed by atoms with Gasteiger partial charge in [0.2, 0.25) is 0 Å². The minimum atomic E-state index is -1.17. The minimum Gasteiger partial charge on any atom is -0.508 e. The highest BCUT2D eigenvalue weighted by molar-refractivity contribution is 7.98. The van der Waals surface area contributed by atoms with Crippen molar-refractivity contribution < 1.29 is 15.0 Å². The number of imidazole rings is 1. The zero-order valence-corrected chi connectivity index (χ0v) is 9.95. The van der Waals surface area contributed by atoms with Gasteiger partial charge < -0.3 is 15.2 Å². The monoisotopic (exact) mass is 266 g/mol. The normalized spacial score (nSPS) is 10.4. The van der Waals surface area contributed by atoms with Crippen molar-refractivity contribution in [3.05, 3.63) is 46.1 Å². The van der Waals surface area contributed by atoms with E-state index in [0.717, 1.165) is 4.90 Å². The molecule has 0 fully saturated rings. The molecule has 0 bridgehead atoms. The topological polar surface area (TPSA) is 106 Å². The molecule has 0 spiro atoms. The van der Waals surface area contributed by atoms with Crippen molar-refractivity contribution in [2.45, 2.75) is 10.6 Å². The molecule has 94 valence electrons. The van der Waals surface area contributed by atoms with Gasteiger partial charge in [0.15, 0.2) is 0 Å². The van der Waals surface area contributed by atoms with E-state index in [0.29, 0.717) is 11.4 Å². The van der Waals surface area contributed by atoms with Crippen LogP contribution in [0.3, 0.4) is 0 Å². The summed E-state index contributed by atoms with van der Waals surface area (Å²) in [6.07, 6.45) is 0. The van der Waals surface area contributed by atoms with Gasteiger partial charge in [0.05, 0.1) is 5.69 Å². The Kier molecular flexibility index (Phi) is 3.42. The number of aromatic carboxylic acids is 1. The van der Waals surface area contributed by atoms with Crippen molar-refractivity contribution in [1.82, 2.24) is 9.97 Å². The molecule has 0 radical (unpaired) electrons. The van der Waals surface area contributed by atoms with Crippen LogP contribution in [0.5, 0.6) is 5.75 Å². The molecule has 0 saturated heterocycles. The molecule has 2 aromatic rings. The lowest BCUT2D eigenvalue weighted by molar-refractivity contribution is 0.0690. The molecule has 0 unspecified atom stereocenters. The van der Waals surface area contributed by atoms with E-state index in [-0.39, 0.29) is 11.4 Å². The molecule has 0 saturated carbocycles. The predicted molar refractivity (Wildman–Crippen MR) is 66.0 cm³/mol. The van der Waals surface area contributed by atoms with Gasteiger partial charge in [0.25, 0.3) is 0 Å². The van der Waals surface area contributed by atoms with E-state index < -0.39 is 11.7 Å². The first-order chi connectivity index (χ1) is 8.56. The van der Waals surface area contributed by atoms with E-state index >= 15 is 0 Å². The van der Waals surface area contributed by atoms with Crippen LogP contribution >= 0.6 is 11.8 Å². The number of aromatic amines is 2. The number of hydrogen-bond donors (Lipinski definition) is 4. The van der Waals surface area contributed by atoms with Crippen LogP contribution in [0.4, 0.5) is 0 Å². The second-order valence-electron chi connectivity index (χ2n) is 3.52. The number of hydrogen-bond acceptors (Lipinski definition) is 4. The largest absolute Gasteiger partial charge is 0.508 e. The average Bonchev–Trinajstić information content (AvgIpc) is 2.70. The highest BCUT2D eigenvalue weighted by Crippen LogP contribution is 2.24. The maximum Gasteiger partial charge on any atom is 0.354 e. The van der Waals surface area contributed by atoms with Gasteiger partial charge in [-0.25, -0.2) is 9.59 Å². The molecule has 1 aromatic heterocycles. The van der Waals surface area contributed by atoms with E-state index in [1.807, 2.05) is 0 Å². The van der Waals surface area contributed by atoms with Gasteiger partial charge in [-0.2, -0.15) is 0 Å². The second-order valence-corrected chi connectivity index (χ2v) is 4.57. The van der Waals surface area contributed by atoms with E-state index in [9.17, 15) is 9.59 Å². The van der Waals surface area contributed by atoms with Gasteiger partial charge in [-0.15, -0.1) is 11.8 Å². The van der Waals surface area contributed by atoms with Crippen LogP contribution in [-0.2, 0) is 5.75 Å². The zero-order valence-electron chi connectivity index (χ0n) is 9.14. The molecule has 4 N–H and O–H groups in total. The fourth-order valence-corrected chi connectivity index (χ4v) is 2.26. The molecule has 0 amide bonds. The van der Waals surface area contributed by atoms with Crippen molar-refractivity contribution in [2.75, 3.05) is 0 Å².